The molecule has 0 aliphatic carbocycles. The largest absolute Gasteiger partial charge is 0.379 e. The highest BCUT2D eigenvalue weighted by atomic mass is 16.5. The normalized spacial score (nSPS) is 17.1. The monoisotopic (exact) mass is 258 g/mol. The predicted octanol–water partition coefficient (Wildman–Crippen LogP) is 0.640. The van der Waals surface area contributed by atoms with E-state index in [1.165, 1.54) is 0 Å². The Kier molecular flexibility index (Phi) is 7.96. The first-order valence-corrected chi connectivity index (χ1v) is 6.89. The molecule has 1 saturated heterocycles. The molecular formula is C13H26N2O3. The summed E-state index contributed by atoms with van der Waals surface area (Å²) in [6.45, 7) is 6.44. The number of carbonyl (C=O) groups is 1. The second kappa shape index (κ2) is 9.30. The number of rotatable bonds is 8. The number of piperidine rings is 1. The van der Waals surface area contributed by atoms with Crippen molar-refractivity contribution in [1.82, 2.24) is 10.2 Å². The number of nitrogens with one attached hydrogen (secondary N) is 1. The van der Waals surface area contributed by atoms with E-state index in [9.17, 15) is 4.79 Å². The topological polar surface area (TPSA) is 50.8 Å². The standard InChI is InChI=1S/C13H26N2O3/c1-3-17-10-11-18-12-5-8-15(9-6-12)13(16)4-7-14-2/h12,14H,3-11H2,1-2H3. The van der Waals surface area contributed by atoms with E-state index in [1.807, 2.05) is 18.9 Å². The Balaban J connectivity index is 2.10. The zero-order valence-corrected chi connectivity index (χ0v) is 11.6. The van der Waals surface area contributed by atoms with Gasteiger partial charge in [0.15, 0.2) is 0 Å². The summed E-state index contributed by atoms with van der Waals surface area (Å²) in [5.74, 6) is 0.247. The Hall–Kier alpha value is -0.650. The highest BCUT2D eigenvalue weighted by molar-refractivity contribution is 5.76. The number of ether oxygens (including phenoxy) is 2. The van der Waals surface area contributed by atoms with Gasteiger partial charge in [0.1, 0.15) is 0 Å². The van der Waals surface area contributed by atoms with Crippen molar-refractivity contribution in [2.45, 2.75) is 32.3 Å². The molecule has 0 radical (unpaired) electrons. The number of nitrogens with zero attached hydrogens (tertiary/aromatic N) is 1. The third kappa shape index (κ3) is 5.80. The summed E-state index contributed by atoms with van der Waals surface area (Å²) in [6, 6.07) is 0. The minimum Gasteiger partial charge on any atom is -0.379 e. The van der Waals surface area contributed by atoms with Crippen LogP contribution in [0, 0.1) is 0 Å². The van der Waals surface area contributed by atoms with E-state index in [2.05, 4.69) is 5.32 Å². The van der Waals surface area contributed by atoms with Crippen LogP contribution < -0.4 is 5.32 Å². The van der Waals surface area contributed by atoms with Gasteiger partial charge in [-0.1, -0.05) is 0 Å². The minimum atomic E-state index is 0.247. The van der Waals surface area contributed by atoms with Crippen molar-refractivity contribution in [1.29, 1.82) is 0 Å². The number of carbonyl (C=O) groups excluding carboxylic acids is 1. The molecule has 1 fully saturated rings. The second-order valence-corrected chi connectivity index (χ2v) is 4.50. The molecule has 0 saturated carbocycles. The molecule has 1 heterocycles. The Labute approximate surface area is 110 Å². The van der Waals surface area contributed by atoms with E-state index in [4.69, 9.17) is 9.47 Å². The third-order valence-electron chi connectivity index (χ3n) is 3.17. The van der Waals surface area contributed by atoms with Gasteiger partial charge in [-0.25, -0.2) is 0 Å². The molecular weight excluding hydrogens is 232 g/mol. The number of hydrogen-bond acceptors (Lipinski definition) is 4. The van der Waals surface area contributed by atoms with Crippen molar-refractivity contribution < 1.29 is 14.3 Å². The van der Waals surface area contributed by atoms with Crippen LogP contribution in [0.5, 0.6) is 0 Å². The molecule has 0 spiro atoms. The Bertz CT molecular complexity index is 228. The predicted molar refractivity (Wildman–Crippen MR) is 70.6 cm³/mol. The van der Waals surface area contributed by atoms with Gasteiger partial charge in [0.2, 0.25) is 5.91 Å². The van der Waals surface area contributed by atoms with Gasteiger partial charge in [-0.3, -0.25) is 4.79 Å². The van der Waals surface area contributed by atoms with E-state index in [0.29, 0.717) is 25.7 Å². The molecule has 0 atom stereocenters. The molecule has 0 aromatic carbocycles. The van der Waals surface area contributed by atoms with E-state index >= 15 is 0 Å². The summed E-state index contributed by atoms with van der Waals surface area (Å²) in [5.41, 5.74) is 0. The van der Waals surface area contributed by atoms with Crippen molar-refractivity contribution in [3.8, 4) is 0 Å². The molecule has 1 aliphatic rings. The summed E-state index contributed by atoms with van der Waals surface area (Å²) in [5, 5.41) is 3.00. The van der Waals surface area contributed by atoms with Gasteiger partial charge in [0.25, 0.3) is 0 Å². The average Bonchev–Trinajstić information content (AvgIpc) is 2.41. The average molecular weight is 258 g/mol. The summed E-state index contributed by atoms with van der Waals surface area (Å²) in [7, 11) is 1.87. The fraction of sp³-hybridized carbons (Fsp3) is 0.923. The maximum atomic E-state index is 11.8. The molecule has 1 rings (SSSR count). The lowest BCUT2D eigenvalue weighted by molar-refractivity contribution is -0.133. The highest BCUT2D eigenvalue weighted by Crippen LogP contribution is 2.14. The first-order chi connectivity index (χ1) is 8.77. The lowest BCUT2D eigenvalue weighted by Crippen LogP contribution is -2.41. The molecule has 5 heteroatoms. The zero-order chi connectivity index (χ0) is 13.2. The van der Waals surface area contributed by atoms with Gasteiger partial charge < -0.3 is 19.7 Å². The van der Waals surface area contributed by atoms with E-state index in [1.54, 1.807) is 0 Å². The van der Waals surface area contributed by atoms with Crippen LogP contribution >= 0.6 is 0 Å². The number of amides is 1. The van der Waals surface area contributed by atoms with E-state index < -0.39 is 0 Å². The minimum absolute atomic E-state index is 0.247. The first kappa shape index (κ1) is 15.4. The van der Waals surface area contributed by atoms with Crippen molar-refractivity contribution in [2.75, 3.05) is 46.5 Å². The van der Waals surface area contributed by atoms with Crippen molar-refractivity contribution in [3.05, 3.63) is 0 Å². The quantitative estimate of drug-likeness (QED) is 0.649. The number of likely N-dealkylation sites (tertiary alicyclic amines) is 1. The van der Waals surface area contributed by atoms with Gasteiger partial charge >= 0.3 is 0 Å². The molecule has 1 aliphatic heterocycles. The van der Waals surface area contributed by atoms with Gasteiger partial charge in [-0.2, -0.15) is 0 Å². The fourth-order valence-corrected chi connectivity index (χ4v) is 2.08. The Morgan fingerprint density at radius 3 is 2.67 bits per heavy atom. The van der Waals surface area contributed by atoms with Gasteiger partial charge in [-0.05, 0) is 26.8 Å². The zero-order valence-electron chi connectivity index (χ0n) is 11.6. The fourth-order valence-electron chi connectivity index (χ4n) is 2.08. The number of hydrogen-bond donors (Lipinski definition) is 1. The van der Waals surface area contributed by atoms with Crippen LogP contribution in [0.25, 0.3) is 0 Å². The first-order valence-electron chi connectivity index (χ1n) is 6.89. The molecule has 18 heavy (non-hydrogen) atoms. The maximum Gasteiger partial charge on any atom is 0.223 e. The lowest BCUT2D eigenvalue weighted by Gasteiger charge is -2.32. The van der Waals surface area contributed by atoms with Crippen LogP contribution in [-0.4, -0.2) is 63.4 Å². The van der Waals surface area contributed by atoms with Crippen molar-refractivity contribution >= 4 is 5.91 Å². The molecule has 5 nitrogen and oxygen atoms in total. The van der Waals surface area contributed by atoms with Crippen LogP contribution in [0.2, 0.25) is 0 Å². The van der Waals surface area contributed by atoms with Crippen molar-refractivity contribution in [2.24, 2.45) is 0 Å². The highest BCUT2D eigenvalue weighted by Gasteiger charge is 2.22. The molecule has 0 aromatic rings. The molecule has 0 aromatic heterocycles. The van der Waals surface area contributed by atoms with Crippen LogP contribution in [0.3, 0.4) is 0 Å². The molecule has 106 valence electrons. The van der Waals surface area contributed by atoms with Gasteiger partial charge in [0.05, 0.1) is 19.3 Å². The Morgan fingerprint density at radius 1 is 1.33 bits per heavy atom. The smallest absolute Gasteiger partial charge is 0.223 e. The molecule has 1 N–H and O–H groups in total. The van der Waals surface area contributed by atoms with Gasteiger partial charge in [-0.15, -0.1) is 0 Å². The van der Waals surface area contributed by atoms with Gasteiger partial charge in [0, 0.05) is 32.7 Å². The molecule has 1 amide bonds. The third-order valence-corrected chi connectivity index (χ3v) is 3.17. The summed E-state index contributed by atoms with van der Waals surface area (Å²) in [4.78, 5) is 13.7. The lowest BCUT2D eigenvalue weighted by atomic mass is 10.1. The van der Waals surface area contributed by atoms with E-state index in [-0.39, 0.29) is 5.91 Å². The van der Waals surface area contributed by atoms with E-state index in [0.717, 1.165) is 39.1 Å². The van der Waals surface area contributed by atoms with Crippen molar-refractivity contribution in [3.63, 3.8) is 0 Å². The maximum absolute atomic E-state index is 11.8. The Morgan fingerprint density at radius 2 is 2.06 bits per heavy atom. The SMILES string of the molecule is CCOCCOC1CCN(C(=O)CCNC)CC1. The van der Waals surface area contributed by atoms with Crippen LogP contribution in [0.4, 0.5) is 0 Å². The summed E-state index contributed by atoms with van der Waals surface area (Å²) in [6.07, 6.45) is 2.76. The van der Waals surface area contributed by atoms with Crippen LogP contribution in [0.15, 0.2) is 0 Å². The molecule has 0 bridgehead atoms. The molecule has 0 unspecified atom stereocenters. The summed E-state index contributed by atoms with van der Waals surface area (Å²) < 4.78 is 11.0. The van der Waals surface area contributed by atoms with Crippen LogP contribution in [-0.2, 0) is 14.3 Å². The van der Waals surface area contributed by atoms with Crippen LogP contribution in [0.1, 0.15) is 26.2 Å². The summed E-state index contributed by atoms with van der Waals surface area (Å²) >= 11 is 0. The second-order valence-electron chi connectivity index (χ2n) is 4.50.